The monoisotopic (exact) mass is 301 g/mol. The quantitative estimate of drug-likeness (QED) is 0.492. The van der Waals surface area contributed by atoms with E-state index in [4.69, 9.17) is 5.84 Å². The zero-order valence-corrected chi connectivity index (χ0v) is 13.2. The first kappa shape index (κ1) is 16.8. The van der Waals surface area contributed by atoms with Crippen LogP contribution in [0.3, 0.4) is 0 Å². The number of hydrogen-bond acceptors (Lipinski definition) is 6. The van der Waals surface area contributed by atoms with Crippen molar-refractivity contribution in [3.63, 3.8) is 0 Å². The average molecular weight is 301 g/mol. The van der Waals surface area contributed by atoms with Crippen LogP contribution in [0.5, 0.6) is 0 Å². The lowest BCUT2D eigenvalue weighted by Crippen LogP contribution is -2.40. The zero-order chi connectivity index (χ0) is 15.4. The van der Waals surface area contributed by atoms with Gasteiger partial charge in [-0.2, -0.15) is 0 Å². The smallest absolute Gasteiger partial charge is 0.244 e. The van der Waals surface area contributed by atoms with Crippen molar-refractivity contribution in [3.05, 3.63) is 18.3 Å². The molecule has 0 spiro atoms. The standard InChI is InChI=1S/C12H23N5O2S/c1-12(2,9-17(3)4)8-15-20(18,19)10-6-5-7-14-11(10)16-13/h5-7,15H,8-9,13H2,1-4H3,(H,14,16). The second kappa shape index (κ2) is 6.49. The molecule has 114 valence electrons. The summed E-state index contributed by atoms with van der Waals surface area (Å²) in [4.78, 5) is 5.96. The highest BCUT2D eigenvalue weighted by atomic mass is 32.2. The van der Waals surface area contributed by atoms with Crippen molar-refractivity contribution in [2.75, 3.05) is 32.6 Å². The lowest BCUT2D eigenvalue weighted by Gasteiger charge is -2.28. The fraction of sp³-hybridized carbons (Fsp3) is 0.583. The Morgan fingerprint density at radius 3 is 2.60 bits per heavy atom. The summed E-state index contributed by atoms with van der Waals surface area (Å²) in [5, 5.41) is 0. The molecule has 0 aliphatic rings. The summed E-state index contributed by atoms with van der Waals surface area (Å²) in [6.07, 6.45) is 1.48. The molecule has 0 aromatic carbocycles. The van der Waals surface area contributed by atoms with Crippen LogP contribution >= 0.6 is 0 Å². The van der Waals surface area contributed by atoms with E-state index in [1.54, 1.807) is 6.07 Å². The van der Waals surface area contributed by atoms with Crippen LogP contribution in [-0.2, 0) is 10.0 Å². The van der Waals surface area contributed by atoms with Gasteiger partial charge in [0.2, 0.25) is 10.0 Å². The van der Waals surface area contributed by atoms with Crippen molar-refractivity contribution in [2.24, 2.45) is 11.3 Å². The summed E-state index contributed by atoms with van der Waals surface area (Å²) < 4.78 is 27.2. The minimum atomic E-state index is -3.65. The normalized spacial score (nSPS) is 12.7. The fourth-order valence-corrected chi connectivity index (χ4v) is 3.36. The van der Waals surface area contributed by atoms with E-state index >= 15 is 0 Å². The van der Waals surface area contributed by atoms with E-state index in [9.17, 15) is 8.42 Å². The number of hydrogen-bond donors (Lipinski definition) is 3. The van der Waals surface area contributed by atoms with E-state index in [0.717, 1.165) is 6.54 Å². The van der Waals surface area contributed by atoms with Crippen molar-refractivity contribution < 1.29 is 8.42 Å². The first-order chi connectivity index (χ1) is 9.18. The molecule has 0 amide bonds. The van der Waals surface area contributed by atoms with E-state index < -0.39 is 10.0 Å². The van der Waals surface area contributed by atoms with E-state index in [1.165, 1.54) is 12.3 Å². The number of sulfonamides is 1. The molecule has 8 heteroatoms. The van der Waals surface area contributed by atoms with Crippen LogP contribution < -0.4 is 16.0 Å². The summed E-state index contributed by atoms with van der Waals surface area (Å²) in [6.45, 7) is 5.10. The first-order valence-corrected chi connectivity index (χ1v) is 7.72. The predicted molar refractivity (Wildman–Crippen MR) is 79.6 cm³/mol. The SMILES string of the molecule is CN(C)CC(C)(C)CNS(=O)(=O)c1cccnc1NN. The van der Waals surface area contributed by atoms with Crippen LogP contribution in [0.1, 0.15) is 13.8 Å². The third kappa shape index (κ3) is 4.71. The highest BCUT2D eigenvalue weighted by Crippen LogP contribution is 2.19. The van der Waals surface area contributed by atoms with Crippen LogP contribution in [0.2, 0.25) is 0 Å². The molecule has 0 aliphatic heterocycles. The molecule has 1 rings (SSSR count). The lowest BCUT2D eigenvalue weighted by molar-refractivity contribution is 0.242. The number of nitrogens with two attached hydrogens (primary N) is 1. The molecule has 0 saturated carbocycles. The summed E-state index contributed by atoms with van der Waals surface area (Å²) in [6, 6.07) is 3.02. The van der Waals surface area contributed by atoms with Crippen molar-refractivity contribution >= 4 is 15.8 Å². The Labute approximate surface area is 120 Å². The van der Waals surface area contributed by atoms with Gasteiger partial charge in [-0.15, -0.1) is 0 Å². The third-order valence-electron chi connectivity index (χ3n) is 2.68. The van der Waals surface area contributed by atoms with Gasteiger partial charge in [-0.1, -0.05) is 13.8 Å². The second-order valence-corrected chi connectivity index (χ2v) is 7.46. The highest BCUT2D eigenvalue weighted by molar-refractivity contribution is 7.89. The Morgan fingerprint density at radius 2 is 2.05 bits per heavy atom. The second-order valence-electron chi connectivity index (χ2n) is 5.72. The Morgan fingerprint density at radius 1 is 1.40 bits per heavy atom. The Hall–Kier alpha value is -1.22. The van der Waals surface area contributed by atoms with Gasteiger partial charge in [-0.3, -0.25) is 0 Å². The van der Waals surface area contributed by atoms with Gasteiger partial charge in [0.1, 0.15) is 4.90 Å². The first-order valence-electron chi connectivity index (χ1n) is 6.24. The average Bonchev–Trinajstić information content (AvgIpc) is 2.35. The molecule has 0 bridgehead atoms. The topological polar surface area (TPSA) is 100 Å². The minimum Gasteiger partial charge on any atom is -0.309 e. The maximum Gasteiger partial charge on any atom is 0.244 e. The molecule has 0 radical (unpaired) electrons. The van der Waals surface area contributed by atoms with Gasteiger partial charge >= 0.3 is 0 Å². The fourth-order valence-electron chi connectivity index (χ4n) is 2.00. The summed E-state index contributed by atoms with van der Waals surface area (Å²) in [7, 11) is 0.259. The Balaban J connectivity index is 2.86. The summed E-state index contributed by atoms with van der Waals surface area (Å²) in [5.74, 6) is 5.41. The molecule has 20 heavy (non-hydrogen) atoms. The van der Waals surface area contributed by atoms with E-state index in [1.807, 2.05) is 32.8 Å². The van der Waals surface area contributed by atoms with E-state index in [2.05, 4.69) is 15.1 Å². The van der Waals surface area contributed by atoms with Gasteiger partial charge in [0.25, 0.3) is 0 Å². The largest absolute Gasteiger partial charge is 0.309 e. The summed E-state index contributed by atoms with van der Waals surface area (Å²) >= 11 is 0. The molecule has 7 nitrogen and oxygen atoms in total. The number of nitrogens with zero attached hydrogens (tertiary/aromatic N) is 2. The van der Waals surface area contributed by atoms with Crippen molar-refractivity contribution in [2.45, 2.75) is 18.7 Å². The molecule has 0 unspecified atom stereocenters. The molecular weight excluding hydrogens is 278 g/mol. The number of nitrogens with one attached hydrogen (secondary N) is 2. The Kier molecular flexibility index (Phi) is 5.46. The molecule has 0 atom stereocenters. The molecule has 1 aromatic rings. The third-order valence-corrected chi connectivity index (χ3v) is 4.11. The van der Waals surface area contributed by atoms with E-state index in [-0.39, 0.29) is 16.1 Å². The summed E-state index contributed by atoms with van der Waals surface area (Å²) in [5.41, 5.74) is 2.11. The predicted octanol–water partition coefficient (Wildman–Crippen LogP) is 0.233. The number of nitrogen functional groups attached to an aromatic ring is 1. The maximum absolute atomic E-state index is 12.3. The zero-order valence-electron chi connectivity index (χ0n) is 12.3. The highest BCUT2D eigenvalue weighted by Gasteiger charge is 2.24. The van der Waals surface area contributed by atoms with Gasteiger partial charge in [0.05, 0.1) is 0 Å². The van der Waals surface area contributed by atoms with Gasteiger partial charge in [-0.25, -0.2) is 24.0 Å². The van der Waals surface area contributed by atoms with Gasteiger partial charge in [-0.05, 0) is 31.6 Å². The van der Waals surface area contributed by atoms with Gasteiger partial charge in [0.15, 0.2) is 5.82 Å². The van der Waals surface area contributed by atoms with E-state index in [0.29, 0.717) is 6.54 Å². The molecule has 4 N–H and O–H groups in total. The van der Waals surface area contributed by atoms with Crippen molar-refractivity contribution in [1.82, 2.24) is 14.6 Å². The molecule has 1 heterocycles. The van der Waals surface area contributed by atoms with Crippen LogP contribution in [0.25, 0.3) is 0 Å². The molecular formula is C12H23N5O2S. The number of anilines is 1. The number of pyridine rings is 1. The molecule has 0 saturated heterocycles. The van der Waals surface area contributed by atoms with Crippen LogP contribution in [-0.4, -0.2) is 45.5 Å². The van der Waals surface area contributed by atoms with Gasteiger partial charge in [0, 0.05) is 19.3 Å². The Bertz CT molecular complexity index is 543. The minimum absolute atomic E-state index is 0.0446. The van der Waals surface area contributed by atoms with Crippen LogP contribution in [0.15, 0.2) is 23.2 Å². The van der Waals surface area contributed by atoms with Crippen LogP contribution in [0.4, 0.5) is 5.82 Å². The van der Waals surface area contributed by atoms with Crippen molar-refractivity contribution in [3.8, 4) is 0 Å². The number of aromatic nitrogens is 1. The lowest BCUT2D eigenvalue weighted by atomic mass is 9.93. The number of rotatable bonds is 7. The molecule has 0 fully saturated rings. The van der Waals surface area contributed by atoms with Crippen LogP contribution in [0, 0.1) is 5.41 Å². The molecule has 1 aromatic heterocycles. The maximum atomic E-state index is 12.3. The van der Waals surface area contributed by atoms with Crippen molar-refractivity contribution in [1.29, 1.82) is 0 Å². The number of hydrazine groups is 1. The van der Waals surface area contributed by atoms with Gasteiger partial charge < -0.3 is 10.3 Å². The molecule has 0 aliphatic carbocycles.